The number of aromatic nitrogens is 3. The molecular formula is C24H23ClN4O2. The number of amides is 1. The summed E-state index contributed by atoms with van der Waals surface area (Å²) < 4.78 is 3.29. The van der Waals surface area contributed by atoms with E-state index in [1.54, 1.807) is 12.1 Å². The van der Waals surface area contributed by atoms with E-state index in [0.29, 0.717) is 16.1 Å². The highest BCUT2D eigenvalue weighted by Gasteiger charge is 2.19. The number of rotatable bonds is 5. The van der Waals surface area contributed by atoms with Gasteiger partial charge in [-0.15, -0.1) is 0 Å². The number of aryl methyl sites for hydroxylation is 1. The molecule has 158 valence electrons. The van der Waals surface area contributed by atoms with E-state index >= 15 is 0 Å². The van der Waals surface area contributed by atoms with Gasteiger partial charge in [-0.05, 0) is 56.2 Å². The van der Waals surface area contributed by atoms with Crippen molar-refractivity contribution in [2.75, 3.05) is 0 Å². The Kier molecular flexibility index (Phi) is 5.65. The van der Waals surface area contributed by atoms with Crippen LogP contribution in [0.4, 0.5) is 0 Å². The molecule has 0 saturated carbocycles. The maximum atomic E-state index is 13.2. The van der Waals surface area contributed by atoms with Gasteiger partial charge in [-0.3, -0.25) is 18.7 Å². The lowest BCUT2D eigenvalue weighted by Crippen LogP contribution is -2.34. The van der Waals surface area contributed by atoms with Crippen molar-refractivity contribution in [1.82, 2.24) is 19.4 Å². The van der Waals surface area contributed by atoms with Crippen LogP contribution < -0.4 is 10.9 Å². The van der Waals surface area contributed by atoms with E-state index in [1.165, 1.54) is 10.9 Å². The molecule has 2 aromatic heterocycles. The van der Waals surface area contributed by atoms with Gasteiger partial charge in [0.05, 0.1) is 11.4 Å². The van der Waals surface area contributed by atoms with Crippen LogP contribution in [0.5, 0.6) is 0 Å². The average Bonchev–Trinajstić information content (AvgIpc) is 3.02. The second kappa shape index (κ2) is 8.40. The van der Waals surface area contributed by atoms with Crippen LogP contribution in [0.15, 0.2) is 65.7 Å². The Labute approximate surface area is 185 Å². The standard InChI is InChI=1S/C24H23ClN4O2/c1-15-17(3)29(20-11-9-19(25)10-12-20)23-22(15)24(31)28(14-26-23)13-21(30)27-16(2)18-7-5-4-6-8-18/h4-12,14,16H,13H2,1-3H3,(H,27,30)/t16-/m0/s1. The van der Waals surface area contributed by atoms with Crippen LogP contribution in [0.1, 0.15) is 29.8 Å². The number of hydrogen-bond donors (Lipinski definition) is 1. The molecule has 1 atom stereocenters. The third-order valence-electron chi connectivity index (χ3n) is 5.56. The van der Waals surface area contributed by atoms with Crippen LogP contribution in [-0.2, 0) is 11.3 Å². The number of hydrogen-bond acceptors (Lipinski definition) is 3. The third-order valence-corrected chi connectivity index (χ3v) is 5.81. The van der Waals surface area contributed by atoms with Gasteiger partial charge in [0.2, 0.25) is 5.91 Å². The van der Waals surface area contributed by atoms with Crippen molar-refractivity contribution < 1.29 is 4.79 Å². The van der Waals surface area contributed by atoms with E-state index < -0.39 is 0 Å². The Morgan fingerprint density at radius 3 is 2.45 bits per heavy atom. The summed E-state index contributed by atoms with van der Waals surface area (Å²) in [6, 6.07) is 16.9. The van der Waals surface area contributed by atoms with Crippen LogP contribution in [0, 0.1) is 13.8 Å². The lowest BCUT2D eigenvalue weighted by Gasteiger charge is -2.15. The van der Waals surface area contributed by atoms with Crippen LogP contribution in [0.3, 0.4) is 0 Å². The van der Waals surface area contributed by atoms with E-state index in [0.717, 1.165) is 22.5 Å². The number of carbonyl (C=O) groups excluding carboxylic acids is 1. The molecule has 2 heterocycles. The summed E-state index contributed by atoms with van der Waals surface area (Å²) in [6.07, 6.45) is 1.43. The van der Waals surface area contributed by atoms with Gasteiger partial charge in [0.15, 0.2) is 5.65 Å². The first kappa shape index (κ1) is 20.9. The molecule has 0 spiro atoms. The molecule has 0 aliphatic heterocycles. The van der Waals surface area contributed by atoms with Crippen LogP contribution in [0.25, 0.3) is 16.7 Å². The van der Waals surface area contributed by atoms with Crippen LogP contribution in [-0.4, -0.2) is 20.0 Å². The first-order valence-corrected chi connectivity index (χ1v) is 10.4. The highest BCUT2D eigenvalue weighted by Crippen LogP contribution is 2.25. The fourth-order valence-electron chi connectivity index (χ4n) is 3.77. The smallest absolute Gasteiger partial charge is 0.263 e. The fraction of sp³-hybridized carbons (Fsp3) is 0.208. The Morgan fingerprint density at radius 1 is 1.10 bits per heavy atom. The van der Waals surface area contributed by atoms with Crippen molar-refractivity contribution in [3.05, 3.63) is 93.1 Å². The molecule has 31 heavy (non-hydrogen) atoms. The number of carbonyl (C=O) groups is 1. The zero-order chi connectivity index (χ0) is 22.1. The number of nitrogens with one attached hydrogen (secondary N) is 1. The topological polar surface area (TPSA) is 68.9 Å². The molecule has 0 aliphatic rings. The largest absolute Gasteiger partial charge is 0.348 e. The highest BCUT2D eigenvalue weighted by atomic mass is 35.5. The minimum atomic E-state index is -0.244. The Bertz CT molecular complexity index is 1310. The van der Waals surface area contributed by atoms with E-state index in [4.69, 9.17) is 11.6 Å². The molecule has 2 aromatic carbocycles. The van der Waals surface area contributed by atoms with Crippen molar-refractivity contribution in [1.29, 1.82) is 0 Å². The molecule has 0 fully saturated rings. The minimum absolute atomic E-state index is 0.0937. The van der Waals surface area contributed by atoms with Crippen molar-refractivity contribution >= 4 is 28.5 Å². The number of benzene rings is 2. The van der Waals surface area contributed by atoms with E-state index in [-0.39, 0.29) is 24.1 Å². The molecular weight excluding hydrogens is 412 g/mol. The first-order chi connectivity index (χ1) is 14.9. The summed E-state index contributed by atoms with van der Waals surface area (Å²) in [5, 5.41) is 4.09. The second-order valence-corrected chi connectivity index (χ2v) is 8.03. The third kappa shape index (κ3) is 3.99. The lowest BCUT2D eigenvalue weighted by atomic mass is 10.1. The molecule has 0 aliphatic carbocycles. The normalized spacial score (nSPS) is 12.1. The molecule has 0 unspecified atom stereocenters. The van der Waals surface area contributed by atoms with Gasteiger partial charge in [0, 0.05) is 16.4 Å². The number of halogens is 1. The molecule has 0 radical (unpaired) electrons. The maximum absolute atomic E-state index is 13.2. The minimum Gasteiger partial charge on any atom is -0.348 e. The Morgan fingerprint density at radius 2 is 1.77 bits per heavy atom. The van der Waals surface area contributed by atoms with Crippen LogP contribution >= 0.6 is 11.6 Å². The average molecular weight is 435 g/mol. The number of fused-ring (bicyclic) bond motifs is 1. The van der Waals surface area contributed by atoms with Gasteiger partial charge in [-0.1, -0.05) is 41.9 Å². The molecule has 0 saturated heterocycles. The second-order valence-electron chi connectivity index (χ2n) is 7.60. The fourth-order valence-corrected chi connectivity index (χ4v) is 3.90. The quantitative estimate of drug-likeness (QED) is 0.508. The van der Waals surface area contributed by atoms with Gasteiger partial charge in [0.1, 0.15) is 12.9 Å². The first-order valence-electron chi connectivity index (χ1n) is 10.0. The van der Waals surface area contributed by atoms with Gasteiger partial charge >= 0.3 is 0 Å². The molecule has 6 nitrogen and oxygen atoms in total. The maximum Gasteiger partial charge on any atom is 0.263 e. The zero-order valence-electron chi connectivity index (χ0n) is 17.6. The van der Waals surface area contributed by atoms with Gasteiger partial charge in [-0.25, -0.2) is 4.98 Å². The summed E-state index contributed by atoms with van der Waals surface area (Å²) in [5.74, 6) is -0.244. The summed E-state index contributed by atoms with van der Waals surface area (Å²) in [4.78, 5) is 30.3. The summed E-state index contributed by atoms with van der Waals surface area (Å²) in [6.45, 7) is 5.67. The monoisotopic (exact) mass is 434 g/mol. The predicted molar refractivity (Wildman–Crippen MR) is 123 cm³/mol. The number of nitrogens with zero attached hydrogens (tertiary/aromatic N) is 3. The summed E-state index contributed by atoms with van der Waals surface area (Å²) in [7, 11) is 0. The summed E-state index contributed by atoms with van der Waals surface area (Å²) in [5.41, 5.74) is 3.97. The van der Waals surface area contributed by atoms with E-state index in [1.807, 2.05) is 67.8 Å². The van der Waals surface area contributed by atoms with Crippen molar-refractivity contribution in [2.24, 2.45) is 0 Å². The summed E-state index contributed by atoms with van der Waals surface area (Å²) >= 11 is 6.02. The van der Waals surface area contributed by atoms with Crippen molar-refractivity contribution in [2.45, 2.75) is 33.4 Å². The van der Waals surface area contributed by atoms with E-state index in [9.17, 15) is 9.59 Å². The Hall–Kier alpha value is -3.38. The molecule has 0 bridgehead atoms. The molecule has 1 N–H and O–H groups in total. The lowest BCUT2D eigenvalue weighted by molar-refractivity contribution is -0.122. The Balaban J connectivity index is 1.65. The van der Waals surface area contributed by atoms with Crippen molar-refractivity contribution in [3.63, 3.8) is 0 Å². The van der Waals surface area contributed by atoms with Crippen LogP contribution in [0.2, 0.25) is 5.02 Å². The highest BCUT2D eigenvalue weighted by molar-refractivity contribution is 6.30. The molecule has 4 aromatic rings. The van der Waals surface area contributed by atoms with Gasteiger partial charge in [0.25, 0.3) is 5.56 Å². The molecule has 7 heteroatoms. The van der Waals surface area contributed by atoms with Crippen molar-refractivity contribution in [3.8, 4) is 5.69 Å². The van der Waals surface area contributed by atoms with E-state index in [2.05, 4.69) is 10.3 Å². The predicted octanol–water partition coefficient (Wildman–Crippen LogP) is 4.33. The molecule has 4 rings (SSSR count). The SMILES string of the molecule is Cc1c(C)n(-c2ccc(Cl)cc2)c2ncn(CC(=O)N[C@@H](C)c3ccccc3)c(=O)c12. The zero-order valence-corrected chi connectivity index (χ0v) is 18.3. The van der Waals surface area contributed by atoms with Gasteiger partial charge in [-0.2, -0.15) is 0 Å². The van der Waals surface area contributed by atoms with Gasteiger partial charge < -0.3 is 5.32 Å². The molecule has 1 amide bonds.